The van der Waals surface area contributed by atoms with Crippen molar-refractivity contribution < 1.29 is 9.50 Å². The molecule has 1 saturated heterocycles. The van der Waals surface area contributed by atoms with Crippen LogP contribution in [0.25, 0.3) is 22.1 Å². The lowest BCUT2D eigenvalue weighted by Gasteiger charge is -2.30. The van der Waals surface area contributed by atoms with Crippen LogP contribution in [-0.2, 0) is 0 Å². The van der Waals surface area contributed by atoms with Gasteiger partial charge in [0.2, 0.25) is 0 Å². The van der Waals surface area contributed by atoms with Crippen LogP contribution in [-0.4, -0.2) is 43.9 Å². The highest BCUT2D eigenvalue weighted by Gasteiger charge is 2.31. The average Bonchev–Trinajstić information content (AvgIpc) is 2.95. The number of aliphatic hydroxyl groups excluding tert-OH is 1. The van der Waals surface area contributed by atoms with E-state index in [4.69, 9.17) is 0 Å². The molecular weight excluding hydrogens is 297 g/mol. The van der Waals surface area contributed by atoms with Crippen molar-refractivity contribution in [3.8, 4) is 0 Å². The summed E-state index contributed by atoms with van der Waals surface area (Å²) in [5.41, 5.74) is 2.82. The Morgan fingerprint density at radius 1 is 1.39 bits per heavy atom. The van der Waals surface area contributed by atoms with E-state index >= 15 is 0 Å². The van der Waals surface area contributed by atoms with Crippen molar-refractivity contribution in [3.05, 3.63) is 30.4 Å². The molecule has 0 spiro atoms. The first-order valence-electron chi connectivity index (χ1n) is 7.81. The minimum absolute atomic E-state index is 0.306. The Kier molecular flexibility index (Phi) is 3.46. The van der Waals surface area contributed by atoms with Gasteiger partial charge in [0.1, 0.15) is 29.1 Å². The first-order valence-corrected chi connectivity index (χ1v) is 7.81. The maximum atomic E-state index is 14.6. The van der Waals surface area contributed by atoms with Gasteiger partial charge in [0.25, 0.3) is 0 Å². The molecule has 3 atom stereocenters. The van der Waals surface area contributed by atoms with E-state index in [2.05, 4.69) is 20.3 Å². The molecule has 1 fully saturated rings. The normalized spacial score (nSPS) is 23.4. The van der Waals surface area contributed by atoms with Gasteiger partial charge in [-0.05, 0) is 32.0 Å². The van der Waals surface area contributed by atoms with E-state index in [9.17, 15) is 9.50 Å². The zero-order valence-electron chi connectivity index (χ0n) is 12.8. The number of imidazole rings is 1. The van der Waals surface area contributed by atoms with Gasteiger partial charge in [0, 0.05) is 12.7 Å². The first kappa shape index (κ1) is 14.5. The van der Waals surface area contributed by atoms with Crippen LogP contribution in [0.4, 0.5) is 4.39 Å². The number of rotatable bonds is 2. The van der Waals surface area contributed by atoms with E-state index in [1.54, 1.807) is 19.3 Å². The number of nitrogens with one attached hydrogen (secondary N) is 1. The second kappa shape index (κ2) is 5.50. The average molecular weight is 315 g/mol. The van der Waals surface area contributed by atoms with Crippen LogP contribution in [0.3, 0.4) is 0 Å². The van der Waals surface area contributed by atoms with Crippen LogP contribution in [0.1, 0.15) is 31.3 Å². The number of halogens is 1. The lowest BCUT2D eigenvalue weighted by atomic mass is 10.0. The van der Waals surface area contributed by atoms with Gasteiger partial charge in [-0.15, -0.1) is 0 Å². The summed E-state index contributed by atoms with van der Waals surface area (Å²) in [5, 5.41) is 13.2. The van der Waals surface area contributed by atoms with E-state index in [1.807, 2.05) is 16.7 Å². The summed E-state index contributed by atoms with van der Waals surface area (Å²) >= 11 is 0. The van der Waals surface area contributed by atoms with Crippen molar-refractivity contribution in [3.63, 3.8) is 0 Å². The van der Waals surface area contributed by atoms with Gasteiger partial charge >= 0.3 is 0 Å². The molecule has 4 rings (SSSR count). The molecule has 4 heterocycles. The van der Waals surface area contributed by atoms with Gasteiger partial charge in [0.05, 0.1) is 23.3 Å². The summed E-state index contributed by atoms with van der Waals surface area (Å²) in [6, 6.07) is 3.33. The van der Waals surface area contributed by atoms with Gasteiger partial charge in [-0.2, -0.15) is 0 Å². The molecule has 0 radical (unpaired) electrons. The molecule has 2 unspecified atom stereocenters. The monoisotopic (exact) mass is 315 g/mol. The second-order valence-electron chi connectivity index (χ2n) is 5.96. The summed E-state index contributed by atoms with van der Waals surface area (Å²) in [6.45, 7) is 2.69. The van der Waals surface area contributed by atoms with E-state index in [-0.39, 0.29) is 6.04 Å². The van der Waals surface area contributed by atoms with Crippen molar-refractivity contribution >= 4 is 22.1 Å². The molecule has 0 amide bonds. The Hall–Kier alpha value is -2.12. The van der Waals surface area contributed by atoms with Gasteiger partial charge < -0.3 is 15.0 Å². The summed E-state index contributed by atoms with van der Waals surface area (Å²) in [7, 11) is 0. The number of aromatic nitrogens is 4. The highest BCUT2D eigenvalue weighted by molar-refractivity contribution is 5.99. The topological polar surface area (TPSA) is 75.9 Å². The molecular formula is C16H18FN5O. The molecule has 2 N–H and O–H groups in total. The molecule has 0 bridgehead atoms. The third-order valence-corrected chi connectivity index (χ3v) is 4.38. The Bertz CT molecular complexity index is 862. The first-order chi connectivity index (χ1) is 11.2. The number of nitrogens with zero attached hydrogens (tertiary/aromatic N) is 4. The summed E-state index contributed by atoms with van der Waals surface area (Å²) in [4.78, 5) is 13.3. The third-order valence-electron chi connectivity index (χ3n) is 4.38. The molecule has 120 valence electrons. The van der Waals surface area contributed by atoms with Crippen LogP contribution in [0.5, 0.6) is 0 Å². The number of pyridine rings is 2. The quantitative estimate of drug-likeness (QED) is 0.755. The zero-order chi connectivity index (χ0) is 16.0. The molecule has 3 aromatic heterocycles. The fourth-order valence-electron chi connectivity index (χ4n) is 3.34. The molecule has 3 aromatic rings. The number of hydrogen-bond acceptors (Lipinski definition) is 5. The highest BCUT2D eigenvalue weighted by atomic mass is 19.1. The number of hydrogen-bond donors (Lipinski definition) is 2. The summed E-state index contributed by atoms with van der Waals surface area (Å²) in [6.07, 6.45) is 2.17. The molecule has 1 aliphatic rings. The highest BCUT2D eigenvalue weighted by Crippen LogP contribution is 2.33. The van der Waals surface area contributed by atoms with Crippen molar-refractivity contribution in [2.24, 2.45) is 0 Å². The minimum Gasteiger partial charge on any atom is -0.385 e. The smallest absolute Gasteiger partial charge is 0.139 e. The standard InChI is InChI=1S/C16H18FN5O/c1-9(23)16-21-12-8-20-11-3-2-5-19-14(11)15(12)22(16)13-4-6-18-7-10(13)17/h2-3,5,8-10,13,18,23H,4,6-7H2,1H3/t9-,10?,13?/m1/s1. The predicted octanol–water partition coefficient (Wildman–Crippen LogP) is 1.91. The maximum Gasteiger partial charge on any atom is 0.139 e. The Morgan fingerprint density at radius 3 is 3.04 bits per heavy atom. The molecule has 7 heteroatoms. The predicted molar refractivity (Wildman–Crippen MR) is 84.9 cm³/mol. The van der Waals surface area contributed by atoms with E-state index in [0.29, 0.717) is 29.8 Å². The third kappa shape index (κ3) is 2.27. The second-order valence-corrected chi connectivity index (χ2v) is 5.96. The van der Waals surface area contributed by atoms with E-state index < -0.39 is 12.3 Å². The van der Waals surface area contributed by atoms with Crippen LogP contribution in [0.2, 0.25) is 0 Å². The van der Waals surface area contributed by atoms with Gasteiger partial charge in [-0.1, -0.05) is 0 Å². The molecule has 0 aromatic carbocycles. The largest absolute Gasteiger partial charge is 0.385 e. The van der Waals surface area contributed by atoms with Crippen molar-refractivity contribution in [2.45, 2.75) is 31.7 Å². The SMILES string of the molecule is C[C@@H](O)c1nc2cnc3cccnc3c2n1C1CCNCC1F. The lowest BCUT2D eigenvalue weighted by molar-refractivity contribution is 0.153. The lowest BCUT2D eigenvalue weighted by Crippen LogP contribution is -2.39. The summed E-state index contributed by atoms with van der Waals surface area (Å²) in [5.74, 6) is 0.467. The molecule has 0 saturated carbocycles. The number of fused-ring (bicyclic) bond motifs is 3. The summed E-state index contributed by atoms with van der Waals surface area (Å²) < 4.78 is 16.4. The van der Waals surface area contributed by atoms with Crippen LogP contribution >= 0.6 is 0 Å². The zero-order valence-corrected chi connectivity index (χ0v) is 12.8. The van der Waals surface area contributed by atoms with E-state index in [0.717, 1.165) is 17.6 Å². The van der Waals surface area contributed by atoms with Gasteiger partial charge in [-0.25, -0.2) is 9.37 Å². The fraction of sp³-hybridized carbons (Fsp3) is 0.438. The van der Waals surface area contributed by atoms with Crippen molar-refractivity contribution in [2.75, 3.05) is 13.1 Å². The van der Waals surface area contributed by atoms with Crippen LogP contribution < -0.4 is 5.32 Å². The maximum absolute atomic E-state index is 14.6. The Balaban J connectivity index is 2.05. The molecule has 0 aliphatic carbocycles. The Labute approximate surface area is 132 Å². The van der Waals surface area contributed by atoms with Gasteiger partial charge in [0.15, 0.2) is 0 Å². The van der Waals surface area contributed by atoms with Crippen molar-refractivity contribution in [1.29, 1.82) is 0 Å². The van der Waals surface area contributed by atoms with Crippen molar-refractivity contribution in [1.82, 2.24) is 24.8 Å². The fourth-order valence-corrected chi connectivity index (χ4v) is 3.34. The van der Waals surface area contributed by atoms with Crippen LogP contribution in [0.15, 0.2) is 24.5 Å². The number of alkyl halides is 1. The van der Waals surface area contributed by atoms with E-state index in [1.165, 1.54) is 0 Å². The molecule has 23 heavy (non-hydrogen) atoms. The Morgan fingerprint density at radius 2 is 2.26 bits per heavy atom. The minimum atomic E-state index is -1.04. The molecule has 1 aliphatic heterocycles. The molecule has 6 nitrogen and oxygen atoms in total. The van der Waals surface area contributed by atoms with Gasteiger partial charge in [-0.3, -0.25) is 9.97 Å². The van der Waals surface area contributed by atoms with Crippen LogP contribution in [0, 0.1) is 0 Å². The number of piperidine rings is 1. The number of aliphatic hydroxyl groups is 1.